The van der Waals surface area contributed by atoms with E-state index in [0.29, 0.717) is 6.04 Å². The molecule has 2 amide bonds. The van der Waals surface area contributed by atoms with Crippen molar-refractivity contribution in [3.05, 3.63) is 29.8 Å². The highest BCUT2D eigenvalue weighted by atomic mass is 19.2. The van der Waals surface area contributed by atoms with Crippen molar-refractivity contribution in [1.29, 1.82) is 0 Å². The first-order valence-electron chi connectivity index (χ1n) is 9.49. The highest BCUT2D eigenvalue weighted by Gasteiger charge is 2.26. The average molecular weight is 380 g/mol. The first-order valence-corrected chi connectivity index (χ1v) is 9.49. The van der Waals surface area contributed by atoms with Gasteiger partial charge in [-0.1, -0.05) is 12.8 Å². The van der Waals surface area contributed by atoms with Crippen LogP contribution >= 0.6 is 0 Å². The van der Waals surface area contributed by atoms with Gasteiger partial charge in [-0.3, -0.25) is 19.4 Å². The summed E-state index contributed by atoms with van der Waals surface area (Å²) in [5.74, 6) is -2.71. The normalized spacial score (nSPS) is 19.2. The molecule has 0 bridgehead atoms. The van der Waals surface area contributed by atoms with Gasteiger partial charge in [-0.05, 0) is 25.0 Å². The van der Waals surface area contributed by atoms with Crippen LogP contribution in [0.2, 0.25) is 0 Å². The van der Waals surface area contributed by atoms with Gasteiger partial charge in [-0.2, -0.15) is 0 Å². The Morgan fingerprint density at radius 3 is 2.37 bits per heavy atom. The molecule has 1 aromatic carbocycles. The number of hydrogen-bond acceptors (Lipinski definition) is 4. The topological polar surface area (TPSA) is 64.7 Å². The summed E-state index contributed by atoms with van der Waals surface area (Å²) in [5, 5.41) is 4.99. The maximum atomic E-state index is 13.1. The summed E-state index contributed by atoms with van der Waals surface area (Å²) in [6.45, 7) is 3.72. The Balaban J connectivity index is 1.34. The smallest absolute Gasteiger partial charge is 0.243 e. The fourth-order valence-corrected chi connectivity index (χ4v) is 3.77. The largest absolute Gasteiger partial charge is 0.346 e. The molecule has 1 aliphatic heterocycles. The van der Waals surface area contributed by atoms with Crippen molar-refractivity contribution in [1.82, 2.24) is 15.1 Å². The standard InChI is InChI=1S/C19H26F2N4O2/c20-16-6-5-14(11-17(16)21)23-18(26)12-22-19(27)13-24-7-9-25(10-8-24)15-3-1-2-4-15/h5-6,11,15H,1-4,7-10,12-13H2,(H,22,27)(H,23,26). The molecule has 1 saturated heterocycles. The molecule has 1 aromatic rings. The summed E-state index contributed by atoms with van der Waals surface area (Å²) in [6, 6.07) is 3.82. The quantitative estimate of drug-likeness (QED) is 0.787. The molecule has 0 atom stereocenters. The van der Waals surface area contributed by atoms with Crippen LogP contribution in [-0.4, -0.2) is 66.9 Å². The third-order valence-electron chi connectivity index (χ3n) is 5.26. The van der Waals surface area contributed by atoms with Gasteiger partial charge in [0.1, 0.15) is 0 Å². The summed E-state index contributed by atoms with van der Waals surface area (Å²) in [6.07, 6.45) is 5.21. The molecular weight excluding hydrogens is 354 g/mol. The molecule has 0 spiro atoms. The number of carbonyl (C=O) groups is 2. The second-order valence-corrected chi connectivity index (χ2v) is 7.20. The molecule has 1 heterocycles. The highest BCUT2D eigenvalue weighted by molar-refractivity contribution is 5.94. The number of amides is 2. The van der Waals surface area contributed by atoms with Crippen LogP contribution in [0.4, 0.5) is 14.5 Å². The van der Waals surface area contributed by atoms with E-state index in [1.54, 1.807) is 0 Å². The second kappa shape index (κ2) is 9.23. The van der Waals surface area contributed by atoms with Crippen LogP contribution in [0.3, 0.4) is 0 Å². The number of carbonyl (C=O) groups excluding carboxylic acids is 2. The minimum absolute atomic E-state index is 0.149. The predicted octanol–water partition coefficient (Wildman–Crippen LogP) is 1.58. The average Bonchev–Trinajstić information content (AvgIpc) is 3.18. The summed E-state index contributed by atoms with van der Waals surface area (Å²) in [5.41, 5.74) is 0.149. The maximum absolute atomic E-state index is 13.1. The Kier molecular flexibility index (Phi) is 6.73. The minimum atomic E-state index is -1.03. The maximum Gasteiger partial charge on any atom is 0.243 e. The zero-order valence-corrected chi connectivity index (χ0v) is 15.3. The lowest BCUT2D eigenvalue weighted by molar-refractivity contribution is -0.125. The number of anilines is 1. The molecule has 0 unspecified atom stereocenters. The number of nitrogens with zero attached hydrogens (tertiary/aromatic N) is 2. The predicted molar refractivity (Wildman–Crippen MR) is 98.3 cm³/mol. The highest BCUT2D eigenvalue weighted by Crippen LogP contribution is 2.24. The second-order valence-electron chi connectivity index (χ2n) is 7.20. The van der Waals surface area contributed by atoms with Crippen molar-refractivity contribution in [3.63, 3.8) is 0 Å². The van der Waals surface area contributed by atoms with Crippen LogP contribution in [0.25, 0.3) is 0 Å². The van der Waals surface area contributed by atoms with E-state index in [-0.39, 0.29) is 24.7 Å². The van der Waals surface area contributed by atoms with E-state index in [9.17, 15) is 18.4 Å². The van der Waals surface area contributed by atoms with Gasteiger partial charge in [0.25, 0.3) is 0 Å². The lowest BCUT2D eigenvalue weighted by atomic mass is 10.2. The number of hydrogen-bond donors (Lipinski definition) is 2. The van der Waals surface area contributed by atoms with Crippen molar-refractivity contribution < 1.29 is 18.4 Å². The minimum Gasteiger partial charge on any atom is -0.346 e. The van der Waals surface area contributed by atoms with Gasteiger partial charge < -0.3 is 10.6 Å². The van der Waals surface area contributed by atoms with E-state index in [1.165, 1.54) is 31.7 Å². The van der Waals surface area contributed by atoms with Crippen LogP contribution in [0.1, 0.15) is 25.7 Å². The van der Waals surface area contributed by atoms with Gasteiger partial charge in [0, 0.05) is 44.0 Å². The molecule has 6 nitrogen and oxygen atoms in total. The number of benzene rings is 1. The fraction of sp³-hybridized carbons (Fsp3) is 0.579. The molecule has 148 valence electrons. The van der Waals surface area contributed by atoms with E-state index in [1.807, 2.05) is 0 Å². The van der Waals surface area contributed by atoms with Gasteiger partial charge in [-0.15, -0.1) is 0 Å². The number of piperazine rings is 1. The van der Waals surface area contributed by atoms with Gasteiger partial charge in [0.05, 0.1) is 13.1 Å². The van der Waals surface area contributed by atoms with E-state index < -0.39 is 17.5 Å². The Morgan fingerprint density at radius 1 is 1.00 bits per heavy atom. The monoisotopic (exact) mass is 380 g/mol. The molecule has 0 aromatic heterocycles. The van der Waals surface area contributed by atoms with Gasteiger partial charge in [0.2, 0.25) is 11.8 Å². The van der Waals surface area contributed by atoms with E-state index >= 15 is 0 Å². The number of rotatable bonds is 6. The molecule has 27 heavy (non-hydrogen) atoms. The summed E-state index contributed by atoms with van der Waals surface area (Å²) >= 11 is 0. The Bertz CT molecular complexity index is 672. The van der Waals surface area contributed by atoms with Crippen molar-refractivity contribution in [2.45, 2.75) is 31.7 Å². The summed E-state index contributed by atoms with van der Waals surface area (Å²) in [7, 11) is 0. The summed E-state index contributed by atoms with van der Waals surface area (Å²) in [4.78, 5) is 28.5. The third-order valence-corrected chi connectivity index (χ3v) is 5.26. The van der Waals surface area contributed by atoms with Crippen LogP contribution in [0.5, 0.6) is 0 Å². The van der Waals surface area contributed by atoms with E-state index in [0.717, 1.165) is 38.3 Å². The van der Waals surface area contributed by atoms with Crippen molar-refractivity contribution >= 4 is 17.5 Å². The van der Waals surface area contributed by atoms with Gasteiger partial charge >= 0.3 is 0 Å². The molecule has 2 N–H and O–H groups in total. The SMILES string of the molecule is O=C(CN1CCN(C2CCCC2)CC1)NCC(=O)Nc1ccc(F)c(F)c1. The zero-order chi connectivity index (χ0) is 19.2. The van der Waals surface area contributed by atoms with Crippen molar-refractivity contribution in [2.24, 2.45) is 0 Å². The molecule has 0 radical (unpaired) electrons. The first-order chi connectivity index (χ1) is 13.0. The Morgan fingerprint density at radius 2 is 1.70 bits per heavy atom. The molecule has 2 fully saturated rings. The van der Waals surface area contributed by atoms with Crippen molar-refractivity contribution in [2.75, 3.05) is 44.6 Å². The number of nitrogens with one attached hydrogen (secondary N) is 2. The fourth-order valence-electron chi connectivity index (χ4n) is 3.77. The Labute approximate surface area is 157 Å². The summed E-state index contributed by atoms with van der Waals surface area (Å²) < 4.78 is 26.0. The van der Waals surface area contributed by atoms with Gasteiger partial charge in [0.15, 0.2) is 11.6 Å². The lowest BCUT2D eigenvalue weighted by Gasteiger charge is -2.37. The van der Waals surface area contributed by atoms with E-state index in [4.69, 9.17) is 0 Å². The zero-order valence-electron chi connectivity index (χ0n) is 15.3. The van der Waals surface area contributed by atoms with Crippen LogP contribution in [-0.2, 0) is 9.59 Å². The van der Waals surface area contributed by atoms with Crippen LogP contribution in [0, 0.1) is 11.6 Å². The first kappa shape index (κ1) is 19.7. The van der Waals surface area contributed by atoms with Crippen molar-refractivity contribution in [3.8, 4) is 0 Å². The van der Waals surface area contributed by atoms with Crippen LogP contribution < -0.4 is 10.6 Å². The molecule has 1 aliphatic carbocycles. The Hall–Kier alpha value is -2.06. The van der Waals surface area contributed by atoms with Gasteiger partial charge in [-0.25, -0.2) is 8.78 Å². The molecular formula is C19H26F2N4O2. The number of halogens is 2. The molecule has 8 heteroatoms. The van der Waals surface area contributed by atoms with Crippen LogP contribution in [0.15, 0.2) is 18.2 Å². The lowest BCUT2D eigenvalue weighted by Crippen LogP contribution is -2.52. The van der Waals surface area contributed by atoms with E-state index in [2.05, 4.69) is 20.4 Å². The molecule has 1 saturated carbocycles. The molecule has 3 rings (SSSR count). The third kappa shape index (κ3) is 5.71. The molecule has 2 aliphatic rings.